The lowest BCUT2D eigenvalue weighted by molar-refractivity contribution is 0.866. The van der Waals surface area contributed by atoms with Crippen LogP contribution in [-0.2, 0) is 0 Å². The molecule has 2 nitrogen and oxygen atoms in total. The predicted molar refractivity (Wildman–Crippen MR) is 113 cm³/mol. The summed E-state index contributed by atoms with van der Waals surface area (Å²) in [4.78, 5) is 7.31. The second-order valence-corrected chi connectivity index (χ2v) is 6.72. The van der Waals surface area contributed by atoms with Gasteiger partial charge in [0, 0.05) is 29.7 Å². The van der Waals surface area contributed by atoms with Crippen LogP contribution >= 0.6 is 0 Å². The van der Waals surface area contributed by atoms with E-state index in [-0.39, 0.29) is 0 Å². The maximum atomic E-state index is 4.96. The van der Waals surface area contributed by atoms with Gasteiger partial charge in [-0.15, -0.1) is 0 Å². The van der Waals surface area contributed by atoms with Crippen molar-refractivity contribution >= 4 is 27.4 Å². The molecule has 0 atom stereocenters. The second kappa shape index (κ2) is 6.80. The number of rotatable bonds is 4. The van der Waals surface area contributed by atoms with Crippen molar-refractivity contribution in [3.8, 4) is 11.3 Å². The number of hydrogen-bond donors (Lipinski definition) is 0. The molecule has 0 bridgehead atoms. The summed E-state index contributed by atoms with van der Waals surface area (Å²) in [6.45, 7) is 8.61. The van der Waals surface area contributed by atoms with Crippen LogP contribution < -0.4 is 4.90 Å². The molecule has 0 fully saturated rings. The molecule has 26 heavy (non-hydrogen) atoms. The van der Waals surface area contributed by atoms with Gasteiger partial charge in [-0.2, -0.15) is 0 Å². The van der Waals surface area contributed by atoms with Crippen molar-refractivity contribution in [2.24, 2.45) is 0 Å². The Labute approximate surface area is 155 Å². The van der Waals surface area contributed by atoms with Crippen molar-refractivity contribution < 1.29 is 0 Å². The Bertz CT molecular complexity index is 1060. The normalized spacial score (nSPS) is 11.2. The summed E-state index contributed by atoms with van der Waals surface area (Å²) < 4.78 is 0. The number of benzene rings is 3. The minimum Gasteiger partial charge on any atom is -0.372 e. The van der Waals surface area contributed by atoms with Crippen LogP contribution in [0, 0.1) is 6.92 Å². The third kappa shape index (κ3) is 2.82. The van der Waals surface area contributed by atoms with Gasteiger partial charge in [-0.05, 0) is 61.4 Å². The molecule has 0 saturated heterocycles. The van der Waals surface area contributed by atoms with Crippen LogP contribution in [0.25, 0.3) is 32.9 Å². The van der Waals surface area contributed by atoms with Crippen molar-refractivity contribution in [1.82, 2.24) is 4.98 Å². The molecule has 0 radical (unpaired) electrons. The molecule has 0 N–H and O–H groups in total. The van der Waals surface area contributed by atoms with Gasteiger partial charge in [0.15, 0.2) is 0 Å². The van der Waals surface area contributed by atoms with E-state index in [0.29, 0.717) is 0 Å². The summed E-state index contributed by atoms with van der Waals surface area (Å²) in [7, 11) is 0. The van der Waals surface area contributed by atoms with E-state index in [9.17, 15) is 0 Å². The summed E-state index contributed by atoms with van der Waals surface area (Å²) in [6.07, 6.45) is 0. The Balaban J connectivity index is 1.81. The smallest absolute Gasteiger partial charge is 0.0718 e. The molecule has 0 aliphatic carbocycles. The maximum Gasteiger partial charge on any atom is 0.0718 e. The Hall–Kier alpha value is -2.87. The first-order valence-electron chi connectivity index (χ1n) is 9.35. The molecule has 1 heterocycles. The summed E-state index contributed by atoms with van der Waals surface area (Å²) in [5.41, 5.74) is 5.80. The lowest BCUT2D eigenvalue weighted by atomic mass is 9.99. The molecule has 0 aliphatic rings. The van der Waals surface area contributed by atoms with Gasteiger partial charge in [0.25, 0.3) is 0 Å². The zero-order valence-corrected chi connectivity index (χ0v) is 15.7. The largest absolute Gasteiger partial charge is 0.372 e. The minimum atomic E-state index is 1.02. The van der Waals surface area contributed by atoms with Crippen LogP contribution in [0.3, 0.4) is 0 Å². The van der Waals surface area contributed by atoms with Crippen molar-refractivity contribution in [3.63, 3.8) is 0 Å². The maximum absolute atomic E-state index is 4.96. The molecule has 2 heteroatoms. The SMILES string of the molecule is CCN(CC)c1ccc(-c2cc(C)c3c(ccc4ccccc43)n2)cc1. The number of aryl methyl sites for hydroxylation is 1. The third-order valence-corrected chi connectivity index (χ3v) is 5.19. The van der Waals surface area contributed by atoms with E-state index in [1.54, 1.807) is 0 Å². The van der Waals surface area contributed by atoms with Gasteiger partial charge in [-0.3, -0.25) is 0 Å². The fraction of sp³-hybridized carbons (Fsp3) is 0.208. The molecule has 3 aromatic carbocycles. The fourth-order valence-corrected chi connectivity index (χ4v) is 3.79. The average Bonchev–Trinajstić information content (AvgIpc) is 2.69. The summed E-state index contributed by atoms with van der Waals surface area (Å²) in [5.74, 6) is 0. The van der Waals surface area contributed by atoms with Crippen molar-refractivity contribution in [2.45, 2.75) is 20.8 Å². The van der Waals surface area contributed by atoms with Crippen LogP contribution in [0.2, 0.25) is 0 Å². The van der Waals surface area contributed by atoms with E-state index < -0.39 is 0 Å². The van der Waals surface area contributed by atoms with Crippen LogP contribution in [0.15, 0.2) is 66.7 Å². The highest BCUT2D eigenvalue weighted by Crippen LogP contribution is 2.30. The molecule has 4 aromatic rings. The Morgan fingerprint density at radius 1 is 0.846 bits per heavy atom. The number of nitrogens with zero attached hydrogens (tertiary/aromatic N) is 2. The number of hydrogen-bond acceptors (Lipinski definition) is 2. The summed E-state index contributed by atoms with van der Waals surface area (Å²) >= 11 is 0. The Kier molecular flexibility index (Phi) is 4.34. The van der Waals surface area contributed by atoms with E-state index in [1.807, 2.05) is 0 Å². The molecular weight excluding hydrogens is 316 g/mol. The predicted octanol–water partition coefficient (Wildman–Crippen LogP) is 6.21. The standard InChI is InChI=1S/C24H24N2/c1-4-26(5-2)20-13-10-19(11-14-20)23-16-17(3)24-21-9-7-6-8-18(21)12-15-22(24)25-23/h6-16H,4-5H2,1-3H3. The van der Waals surface area contributed by atoms with Gasteiger partial charge in [0.05, 0.1) is 11.2 Å². The van der Waals surface area contributed by atoms with E-state index >= 15 is 0 Å². The van der Waals surface area contributed by atoms with Crippen molar-refractivity contribution in [1.29, 1.82) is 0 Å². The molecule has 0 unspecified atom stereocenters. The molecule has 130 valence electrons. The van der Waals surface area contributed by atoms with Gasteiger partial charge >= 0.3 is 0 Å². The van der Waals surface area contributed by atoms with Crippen LogP contribution in [0.5, 0.6) is 0 Å². The highest BCUT2D eigenvalue weighted by Gasteiger charge is 2.09. The average molecular weight is 340 g/mol. The van der Waals surface area contributed by atoms with E-state index in [0.717, 1.165) is 24.3 Å². The first-order chi connectivity index (χ1) is 12.7. The second-order valence-electron chi connectivity index (χ2n) is 6.72. The minimum absolute atomic E-state index is 1.02. The lowest BCUT2D eigenvalue weighted by Crippen LogP contribution is -2.21. The number of aromatic nitrogens is 1. The first kappa shape index (κ1) is 16.6. The Morgan fingerprint density at radius 2 is 1.58 bits per heavy atom. The van der Waals surface area contributed by atoms with Gasteiger partial charge in [-0.25, -0.2) is 4.98 Å². The number of anilines is 1. The van der Waals surface area contributed by atoms with Gasteiger partial charge < -0.3 is 4.90 Å². The van der Waals surface area contributed by atoms with Crippen LogP contribution in [0.1, 0.15) is 19.4 Å². The molecule has 0 spiro atoms. The molecule has 0 saturated carbocycles. The van der Waals surface area contributed by atoms with Crippen molar-refractivity contribution in [2.75, 3.05) is 18.0 Å². The highest BCUT2D eigenvalue weighted by atomic mass is 15.1. The van der Waals surface area contributed by atoms with Crippen molar-refractivity contribution in [3.05, 3.63) is 72.3 Å². The quantitative estimate of drug-likeness (QED) is 0.411. The summed E-state index contributed by atoms with van der Waals surface area (Å²) in [5, 5.41) is 3.80. The summed E-state index contributed by atoms with van der Waals surface area (Å²) in [6, 6.07) is 23.8. The van der Waals surface area contributed by atoms with Gasteiger partial charge in [0.1, 0.15) is 0 Å². The number of fused-ring (bicyclic) bond motifs is 3. The van der Waals surface area contributed by atoms with E-state index in [1.165, 1.54) is 33.0 Å². The Morgan fingerprint density at radius 3 is 2.31 bits per heavy atom. The monoisotopic (exact) mass is 340 g/mol. The fourth-order valence-electron chi connectivity index (χ4n) is 3.79. The van der Waals surface area contributed by atoms with Gasteiger partial charge in [0.2, 0.25) is 0 Å². The zero-order chi connectivity index (χ0) is 18.1. The number of pyridine rings is 1. The lowest BCUT2D eigenvalue weighted by Gasteiger charge is -2.21. The molecule has 0 aliphatic heterocycles. The van der Waals surface area contributed by atoms with Gasteiger partial charge in [-0.1, -0.05) is 42.5 Å². The zero-order valence-electron chi connectivity index (χ0n) is 15.7. The highest BCUT2D eigenvalue weighted by molar-refractivity contribution is 6.08. The third-order valence-electron chi connectivity index (χ3n) is 5.19. The molecule has 1 aromatic heterocycles. The van der Waals surface area contributed by atoms with E-state index in [2.05, 4.69) is 92.4 Å². The molecule has 4 rings (SSSR count). The van der Waals surface area contributed by atoms with E-state index in [4.69, 9.17) is 4.98 Å². The molecular formula is C24H24N2. The van der Waals surface area contributed by atoms with Crippen LogP contribution in [-0.4, -0.2) is 18.1 Å². The van der Waals surface area contributed by atoms with Crippen LogP contribution in [0.4, 0.5) is 5.69 Å². The first-order valence-corrected chi connectivity index (χ1v) is 9.35. The molecule has 0 amide bonds. The topological polar surface area (TPSA) is 16.1 Å².